The fraction of sp³-hybridized carbons (Fsp3) is 0.700. The van der Waals surface area contributed by atoms with Crippen LogP contribution in [0.25, 0.3) is 0 Å². The maximum atomic E-state index is 8.79. The summed E-state index contributed by atoms with van der Waals surface area (Å²) in [5.74, 6) is 0.765. The summed E-state index contributed by atoms with van der Waals surface area (Å²) in [5.41, 5.74) is 0.754. The lowest BCUT2D eigenvalue weighted by atomic mass is 10.1. The Bertz CT molecular complexity index is 243. The van der Waals surface area contributed by atoms with Crippen LogP contribution in [0.4, 0.5) is 0 Å². The smallest absolute Gasteiger partial charge is 0.0950 e. The number of rotatable bonds is 5. The quantitative estimate of drug-likeness (QED) is 0.754. The molecule has 74 valence electrons. The molecule has 1 aromatic rings. The Hall–Kier alpha value is -0.830. The minimum Gasteiger partial charge on any atom is -0.390 e. The molecular weight excluding hydrogens is 164 g/mol. The second-order valence-corrected chi connectivity index (χ2v) is 3.80. The monoisotopic (exact) mass is 182 g/mol. The zero-order valence-corrected chi connectivity index (χ0v) is 8.40. The minimum absolute atomic E-state index is 0.0389. The van der Waals surface area contributed by atoms with Gasteiger partial charge >= 0.3 is 0 Å². The molecule has 0 radical (unpaired) electrons. The molecule has 0 aliphatic carbocycles. The Morgan fingerprint density at radius 1 is 1.54 bits per heavy atom. The highest BCUT2D eigenvalue weighted by atomic mass is 16.3. The average Bonchev–Trinajstić information content (AvgIpc) is 2.52. The van der Waals surface area contributed by atoms with Gasteiger partial charge in [0.1, 0.15) is 0 Å². The summed E-state index contributed by atoms with van der Waals surface area (Å²) >= 11 is 0. The van der Waals surface area contributed by atoms with E-state index in [-0.39, 0.29) is 6.61 Å². The Morgan fingerprint density at radius 2 is 2.31 bits per heavy atom. The van der Waals surface area contributed by atoms with E-state index < -0.39 is 0 Å². The lowest BCUT2D eigenvalue weighted by molar-refractivity contribution is 0.277. The third kappa shape index (κ3) is 3.59. The average molecular weight is 182 g/mol. The van der Waals surface area contributed by atoms with Crippen molar-refractivity contribution in [2.45, 2.75) is 39.8 Å². The normalized spacial score (nSPS) is 11.1. The molecule has 1 aromatic heterocycles. The molecule has 0 fully saturated rings. The van der Waals surface area contributed by atoms with E-state index in [0.717, 1.165) is 18.2 Å². The first-order valence-electron chi connectivity index (χ1n) is 4.84. The van der Waals surface area contributed by atoms with Crippen LogP contribution >= 0.6 is 0 Å². The van der Waals surface area contributed by atoms with Gasteiger partial charge in [0.15, 0.2) is 0 Å². The molecule has 1 rings (SSSR count). The number of hydrogen-bond acceptors (Lipinski definition) is 2. The largest absolute Gasteiger partial charge is 0.390 e. The zero-order chi connectivity index (χ0) is 9.68. The molecule has 0 aromatic carbocycles. The van der Waals surface area contributed by atoms with Gasteiger partial charge in [-0.15, -0.1) is 0 Å². The van der Waals surface area contributed by atoms with Crippen molar-refractivity contribution in [3.63, 3.8) is 0 Å². The predicted octanol–water partition coefficient (Wildman–Crippen LogP) is 1.81. The second-order valence-electron chi connectivity index (χ2n) is 3.80. The Morgan fingerprint density at radius 3 is 2.85 bits per heavy atom. The highest BCUT2D eigenvalue weighted by molar-refractivity contribution is 4.93. The van der Waals surface area contributed by atoms with E-state index >= 15 is 0 Å². The zero-order valence-electron chi connectivity index (χ0n) is 8.40. The number of aromatic nitrogens is 2. The molecule has 1 N–H and O–H groups in total. The van der Waals surface area contributed by atoms with Crippen molar-refractivity contribution in [1.82, 2.24) is 9.55 Å². The van der Waals surface area contributed by atoms with E-state index in [2.05, 4.69) is 18.8 Å². The Balaban J connectivity index is 2.28. The molecule has 3 nitrogen and oxygen atoms in total. The van der Waals surface area contributed by atoms with Crippen LogP contribution in [0.2, 0.25) is 0 Å². The van der Waals surface area contributed by atoms with Crippen LogP contribution in [-0.4, -0.2) is 14.7 Å². The molecule has 0 spiro atoms. The standard InChI is InChI=1S/C10H18N2O/c1-9(2)4-3-5-12-6-10(7-13)11-8-12/h6,8-9,13H,3-5,7H2,1-2H3. The van der Waals surface area contributed by atoms with E-state index in [0.29, 0.717) is 0 Å². The van der Waals surface area contributed by atoms with Crippen LogP contribution in [0.5, 0.6) is 0 Å². The van der Waals surface area contributed by atoms with E-state index in [4.69, 9.17) is 5.11 Å². The summed E-state index contributed by atoms with van der Waals surface area (Å²) in [7, 11) is 0. The molecule has 0 atom stereocenters. The van der Waals surface area contributed by atoms with Gasteiger partial charge in [0.25, 0.3) is 0 Å². The van der Waals surface area contributed by atoms with Crippen molar-refractivity contribution < 1.29 is 5.11 Å². The molecule has 0 bridgehead atoms. The van der Waals surface area contributed by atoms with Crippen LogP contribution in [0.3, 0.4) is 0 Å². The van der Waals surface area contributed by atoms with Crippen LogP contribution in [0.1, 0.15) is 32.4 Å². The third-order valence-corrected chi connectivity index (χ3v) is 2.05. The van der Waals surface area contributed by atoms with Gasteiger partial charge in [0.05, 0.1) is 18.6 Å². The molecule has 1 heterocycles. The third-order valence-electron chi connectivity index (χ3n) is 2.05. The van der Waals surface area contributed by atoms with Crippen molar-refractivity contribution >= 4 is 0 Å². The predicted molar refractivity (Wildman–Crippen MR) is 52.2 cm³/mol. The van der Waals surface area contributed by atoms with E-state index in [9.17, 15) is 0 Å². The van der Waals surface area contributed by atoms with Crippen molar-refractivity contribution in [1.29, 1.82) is 0 Å². The summed E-state index contributed by atoms with van der Waals surface area (Å²) in [4.78, 5) is 4.05. The minimum atomic E-state index is 0.0389. The number of aliphatic hydroxyl groups excluding tert-OH is 1. The van der Waals surface area contributed by atoms with Crippen molar-refractivity contribution in [2.24, 2.45) is 5.92 Å². The summed E-state index contributed by atoms with van der Waals surface area (Å²) in [6.07, 6.45) is 6.11. The van der Waals surface area contributed by atoms with E-state index in [1.807, 2.05) is 10.8 Å². The molecule has 3 heteroatoms. The number of nitrogens with zero attached hydrogens (tertiary/aromatic N) is 2. The van der Waals surface area contributed by atoms with Crippen LogP contribution < -0.4 is 0 Å². The SMILES string of the molecule is CC(C)CCCn1cnc(CO)c1. The first kappa shape index (κ1) is 10.3. The van der Waals surface area contributed by atoms with Gasteiger partial charge < -0.3 is 9.67 Å². The second kappa shape index (κ2) is 5.02. The topological polar surface area (TPSA) is 38.0 Å². The summed E-state index contributed by atoms with van der Waals surface area (Å²) < 4.78 is 2.04. The molecule has 0 saturated carbocycles. The Labute approximate surface area is 79.4 Å². The lowest BCUT2D eigenvalue weighted by Crippen LogP contribution is -1.96. The number of imidazole rings is 1. The maximum Gasteiger partial charge on any atom is 0.0950 e. The summed E-state index contributed by atoms with van der Waals surface area (Å²) in [6.45, 7) is 5.50. The molecule has 0 saturated heterocycles. The van der Waals surface area contributed by atoms with Gasteiger partial charge in [0, 0.05) is 12.7 Å². The van der Waals surface area contributed by atoms with Crippen molar-refractivity contribution in [3.8, 4) is 0 Å². The van der Waals surface area contributed by atoms with Gasteiger partial charge in [-0.05, 0) is 18.8 Å². The molecule has 0 aliphatic heterocycles. The molecule has 0 unspecified atom stereocenters. The molecular formula is C10H18N2O. The van der Waals surface area contributed by atoms with Gasteiger partial charge in [-0.25, -0.2) is 4.98 Å². The molecule has 13 heavy (non-hydrogen) atoms. The van der Waals surface area contributed by atoms with Crippen molar-refractivity contribution in [3.05, 3.63) is 18.2 Å². The van der Waals surface area contributed by atoms with Gasteiger partial charge in [0.2, 0.25) is 0 Å². The summed E-state index contributed by atoms with van der Waals surface area (Å²) in [5, 5.41) is 8.79. The molecule has 0 amide bonds. The first-order chi connectivity index (χ1) is 6.22. The first-order valence-corrected chi connectivity index (χ1v) is 4.84. The fourth-order valence-electron chi connectivity index (χ4n) is 1.29. The van der Waals surface area contributed by atoms with Gasteiger partial charge in [-0.1, -0.05) is 13.8 Å². The highest BCUT2D eigenvalue weighted by Crippen LogP contribution is 2.05. The van der Waals surface area contributed by atoms with E-state index in [1.165, 1.54) is 12.8 Å². The van der Waals surface area contributed by atoms with Crippen LogP contribution in [0.15, 0.2) is 12.5 Å². The lowest BCUT2D eigenvalue weighted by Gasteiger charge is -2.04. The highest BCUT2D eigenvalue weighted by Gasteiger charge is 1.97. The summed E-state index contributed by atoms with van der Waals surface area (Å²) in [6, 6.07) is 0. The number of aryl methyl sites for hydroxylation is 1. The van der Waals surface area contributed by atoms with E-state index in [1.54, 1.807) is 6.33 Å². The number of hydrogen-bond donors (Lipinski definition) is 1. The fourth-order valence-corrected chi connectivity index (χ4v) is 1.29. The maximum absolute atomic E-state index is 8.79. The van der Waals surface area contributed by atoms with Crippen LogP contribution in [-0.2, 0) is 13.2 Å². The number of aliphatic hydroxyl groups is 1. The van der Waals surface area contributed by atoms with Crippen LogP contribution in [0, 0.1) is 5.92 Å². The van der Waals surface area contributed by atoms with Gasteiger partial charge in [-0.3, -0.25) is 0 Å². The molecule has 0 aliphatic rings. The van der Waals surface area contributed by atoms with Crippen molar-refractivity contribution in [2.75, 3.05) is 0 Å². The van der Waals surface area contributed by atoms with Gasteiger partial charge in [-0.2, -0.15) is 0 Å². The Kier molecular flexibility index (Phi) is 3.96.